The summed E-state index contributed by atoms with van der Waals surface area (Å²) in [7, 11) is -1.34. The molecule has 2 heterocycles. The van der Waals surface area contributed by atoms with Gasteiger partial charge in [-0.15, -0.1) is 0 Å². The van der Waals surface area contributed by atoms with Crippen LogP contribution in [0.15, 0.2) is 59.0 Å². The molecule has 0 bridgehead atoms. The molecule has 0 unspecified atom stereocenters. The number of carbonyl (C=O) groups excluding carboxylic acids is 1. The number of nitrogens with zero attached hydrogens (tertiary/aromatic N) is 3. The van der Waals surface area contributed by atoms with Crippen molar-refractivity contribution in [3.8, 4) is 0 Å². The smallest absolute Gasteiger partial charge is 0.312 e. The van der Waals surface area contributed by atoms with E-state index in [1.807, 2.05) is 0 Å². The maximum atomic E-state index is 12.0. The topological polar surface area (TPSA) is 58.1 Å². The van der Waals surface area contributed by atoms with Crippen LogP contribution in [0, 0.1) is 0 Å². The molecule has 130 valence electrons. The van der Waals surface area contributed by atoms with Gasteiger partial charge in [-0.2, -0.15) is 0 Å². The Hall–Kier alpha value is -2.12. The van der Waals surface area contributed by atoms with Crippen LogP contribution in [0.25, 0.3) is 0 Å². The molecule has 0 spiro atoms. The fourth-order valence-electron chi connectivity index (χ4n) is 2.51. The molecule has 1 fully saturated rings. The van der Waals surface area contributed by atoms with E-state index in [0.29, 0.717) is 17.4 Å². The van der Waals surface area contributed by atoms with Crippen LogP contribution in [-0.2, 0) is 0 Å². The van der Waals surface area contributed by atoms with Crippen LogP contribution < -0.4 is 15.4 Å². The first-order valence-corrected chi connectivity index (χ1v) is 12.5. The fraction of sp³-hybridized carbons (Fsp3) is 0.278. The average molecular weight is 371 g/mol. The molecule has 0 aliphatic carbocycles. The molecule has 1 aliphatic rings. The Labute approximate surface area is 153 Å². The number of aromatic nitrogens is 2. The van der Waals surface area contributed by atoms with Crippen LogP contribution in [-0.4, -0.2) is 30.6 Å². The van der Waals surface area contributed by atoms with Gasteiger partial charge in [0.2, 0.25) is 0 Å². The Morgan fingerprint density at radius 1 is 1.24 bits per heavy atom. The number of anilines is 1. The number of carbonyl (C=O) groups is 1. The van der Waals surface area contributed by atoms with Crippen molar-refractivity contribution in [2.24, 2.45) is 0 Å². The Bertz CT molecular complexity index is 801. The summed E-state index contributed by atoms with van der Waals surface area (Å²) in [5, 5.41) is 4.83. The highest BCUT2D eigenvalue weighted by atomic mass is 32.2. The molecule has 1 aliphatic heterocycles. The van der Waals surface area contributed by atoms with E-state index in [9.17, 15) is 4.79 Å². The van der Waals surface area contributed by atoms with E-state index in [-0.39, 0.29) is 6.03 Å². The minimum atomic E-state index is -1.34. The minimum absolute atomic E-state index is 0.178. The van der Waals surface area contributed by atoms with Crippen LogP contribution in [0.5, 0.6) is 0 Å². The molecule has 7 heteroatoms. The van der Waals surface area contributed by atoms with Crippen molar-refractivity contribution in [1.29, 1.82) is 0 Å². The molecular formula is C18H22N4OSSi. The van der Waals surface area contributed by atoms with Gasteiger partial charge in [-0.25, -0.2) is 14.8 Å². The molecule has 1 aromatic heterocycles. The van der Waals surface area contributed by atoms with Crippen molar-refractivity contribution in [1.82, 2.24) is 15.3 Å². The van der Waals surface area contributed by atoms with Gasteiger partial charge in [0.1, 0.15) is 0 Å². The molecule has 5 nitrogen and oxygen atoms in total. The molecule has 25 heavy (non-hydrogen) atoms. The molecule has 1 saturated heterocycles. The molecule has 2 aromatic rings. The van der Waals surface area contributed by atoms with Crippen molar-refractivity contribution in [3.05, 3.63) is 48.9 Å². The molecule has 1 aromatic carbocycles. The van der Waals surface area contributed by atoms with Gasteiger partial charge in [-0.3, -0.25) is 4.90 Å². The SMILES string of the molecule is C=C1CCN(c2cnc(Sc3cccc([Si](C)(C)C)c3)nc2)C(=O)N1. The van der Waals surface area contributed by atoms with Crippen LogP contribution >= 0.6 is 11.8 Å². The van der Waals surface area contributed by atoms with E-state index in [0.717, 1.165) is 17.0 Å². The van der Waals surface area contributed by atoms with E-state index in [2.05, 4.69) is 65.8 Å². The normalized spacial score (nSPS) is 15.2. The van der Waals surface area contributed by atoms with Gasteiger partial charge in [0.15, 0.2) is 5.16 Å². The first-order valence-electron chi connectivity index (χ1n) is 8.20. The summed E-state index contributed by atoms with van der Waals surface area (Å²) in [5.74, 6) is 0. The van der Waals surface area contributed by atoms with Gasteiger partial charge in [0.25, 0.3) is 0 Å². The van der Waals surface area contributed by atoms with E-state index >= 15 is 0 Å². The summed E-state index contributed by atoms with van der Waals surface area (Å²) in [6.07, 6.45) is 4.13. The highest BCUT2D eigenvalue weighted by molar-refractivity contribution is 7.99. The number of nitrogens with one attached hydrogen (secondary N) is 1. The van der Waals surface area contributed by atoms with Gasteiger partial charge < -0.3 is 5.32 Å². The zero-order valence-corrected chi connectivity index (χ0v) is 16.6. The number of hydrogen-bond acceptors (Lipinski definition) is 4. The van der Waals surface area contributed by atoms with Crippen molar-refractivity contribution in [3.63, 3.8) is 0 Å². The van der Waals surface area contributed by atoms with Crippen molar-refractivity contribution in [2.75, 3.05) is 11.4 Å². The van der Waals surface area contributed by atoms with Gasteiger partial charge >= 0.3 is 6.03 Å². The van der Waals surface area contributed by atoms with Crippen LogP contribution in [0.2, 0.25) is 19.6 Å². The molecule has 0 radical (unpaired) electrons. The number of amides is 2. The predicted octanol–water partition coefficient (Wildman–Crippen LogP) is 3.61. The molecule has 1 N–H and O–H groups in total. The zero-order chi connectivity index (χ0) is 18.0. The summed E-state index contributed by atoms with van der Waals surface area (Å²) in [6.45, 7) is 11.4. The summed E-state index contributed by atoms with van der Waals surface area (Å²) in [4.78, 5) is 23.6. The highest BCUT2D eigenvalue weighted by Crippen LogP contribution is 2.25. The van der Waals surface area contributed by atoms with Gasteiger partial charge in [-0.1, -0.05) is 43.5 Å². The van der Waals surface area contributed by atoms with E-state index in [1.54, 1.807) is 29.1 Å². The highest BCUT2D eigenvalue weighted by Gasteiger charge is 2.22. The lowest BCUT2D eigenvalue weighted by atomic mass is 10.2. The van der Waals surface area contributed by atoms with Crippen LogP contribution in [0.4, 0.5) is 10.5 Å². The third kappa shape index (κ3) is 4.29. The van der Waals surface area contributed by atoms with E-state index in [4.69, 9.17) is 0 Å². The molecular weight excluding hydrogens is 348 g/mol. The summed E-state index contributed by atoms with van der Waals surface area (Å²) in [6, 6.07) is 8.42. The minimum Gasteiger partial charge on any atom is -0.312 e. The Balaban J connectivity index is 1.73. The molecule has 0 atom stereocenters. The Morgan fingerprint density at radius 2 is 1.96 bits per heavy atom. The van der Waals surface area contributed by atoms with Crippen LogP contribution in [0.1, 0.15) is 6.42 Å². The fourth-order valence-corrected chi connectivity index (χ4v) is 4.55. The van der Waals surface area contributed by atoms with Gasteiger partial charge in [0.05, 0.1) is 26.2 Å². The first-order chi connectivity index (χ1) is 11.8. The molecule has 2 amide bonds. The van der Waals surface area contributed by atoms with Gasteiger partial charge in [-0.05, 0) is 23.9 Å². The second kappa shape index (κ2) is 7.01. The number of rotatable bonds is 4. The Morgan fingerprint density at radius 3 is 2.60 bits per heavy atom. The van der Waals surface area contributed by atoms with Gasteiger partial charge in [0, 0.05) is 23.6 Å². The van der Waals surface area contributed by atoms with Crippen molar-refractivity contribution in [2.45, 2.75) is 36.1 Å². The van der Waals surface area contributed by atoms with Crippen molar-refractivity contribution >= 4 is 36.7 Å². The zero-order valence-electron chi connectivity index (χ0n) is 14.7. The van der Waals surface area contributed by atoms with E-state index in [1.165, 1.54) is 5.19 Å². The van der Waals surface area contributed by atoms with Crippen molar-refractivity contribution < 1.29 is 4.79 Å². The third-order valence-electron chi connectivity index (χ3n) is 4.00. The quantitative estimate of drug-likeness (QED) is 0.660. The summed E-state index contributed by atoms with van der Waals surface area (Å²) in [5.41, 5.74) is 1.45. The largest absolute Gasteiger partial charge is 0.326 e. The molecule has 0 saturated carbocycles. The number of urea groups is 1. The summed E-state index contributed by atoms with van der Waals surface area (Å²) < 4.78 is 0. The standard InChI is InChI=1S/C18H22N4OSSi/c1-13-8-9-22(18(23)21-13)14-11-19-17(20-12-14)24-15-6-5-7-16(10-15)25(2,3)4/h5-7,10-12H,1,8-9H2,2-4H3,(H,21,23). The maximum Gasteiger partial charge on any atom is 0.326 e. The third-order valence-corrected chi connectivity index (χ3v) is 6.93. The average Bonchev–Trinajstić information content (AvgIpc) is 2.55. The Kier molecular flexibility index (Phi) is 4.96. The number of benzene rings is 1. The van der Waals surface area contributed by atoms with Crippen LogP contribution in [0.3, 0.4) is 0 Å². The predicted molar refractivity (Wildman–Crippen MR) is 105 cm³/mol. The second-order valence-corrected chi connectivity index (χ2v) is 13.2. The summed E-state index contributed by atoms with van der Waals surface area (Å²) >= 11 is 1.54. The first kappa shape index (κ1) is 17.7. The molecule has 3 rings (SSSR count). The second-order valence-electron chi connectivity index (χ2n) is 7.04. The maximum absolute atomic E-state index is 12.0. The lowest BCUT2D eigenvalue weighted by molar-refractivity contribution is 0.246. The lowest BCUT2D eigenvalue weighted by Crippen LogP contribution is -2.45. The van der Waals surface area contributed by atoms with E-state index < -0.39 is 8.07 Å². The number of hydrogen-bond donors (Lipinski definition) is 1. The lowest BCUT2D eigenvalue weighted by Gasteiger charge is -2.28. The monoisotopic (exact) mass is 370 g/mol.